The van der Waals surface area contributed by atoms with Crippen LogP contribution < -0.4 is 5.62 Å². The van der Waals surface area contributed by atoms with Crippen molar-refractivity contribution in [1.29, 1.82) is 5.41 Å². The maximum absolute atomic E-state index is 11.8. The molecule has 6 heteroatoms. The molecule has 0 fully saturated rings. The van der Waals surface area contributed by atoms with Gasteiger partial charge in [-0.15, -0.1) is 0 Å². The topological polar surface area (TPSA) is 83.2 Å². The highest BCUT2D eigenvalue weighted by atomic mass is 16.5. The van der Waals surface area contributed by atoms with E-state index < -0.39 is 5.97 Å². The van der Waals surface area contributed by atoms with Crippen LogP contribution in [0.2, 0.25) is 0 Å². The SMILES string of the molecule is CCOC(=O)c1cc2ccccc3nc(=N)n([nH]1)c23. The van der Waals surface area contributed by atoms with Crippen LogP contribution in [0.5, 0.6) is 0 Å². The summed E-state index contributed by atoms with van der Waals surface area (Å²) in [7, 11) is 0. The Balaban J connectivity index is 2.39. The summed E-state index contributed by atoms with van der Waals surface area (Å²) in [5.74, 6) is -0.444. The van der Waals surface area contributed by atoms with Gasteiger partial charge in [-0.1, -0.05) is 18.2 Å². The molecular formula is C13H12N4O2. The van der Waals surface area contributed by atoms with E-state index in [4.69, 9.17) is 10.1 Å². The standard InChI is InChI=1S/C13H12N4O2/c1-2-19-12(18)10-7-8-5-3-4-6-9-11(8)17(16-10)13(14)15-9/h3-7,14,16H,2H2,1H3. The molecule has 0 spiro atoms. The number of rotatable bonds is 2. The maximum atomic E-state index is 11.8. The van der Waals surface area contributed by atoms with Crippen molar-refractivity contribution in [3.63, 3.8) is 0 Å². The molecule has 0 aliphatic rings. The van der Waals surface area contributed by atoms with Crippen LogP contribution in [0, 0.1) is 5.41 Å². The van der Waals surface area contributed by atoms with Crippen molar-refractivity contribution >= 4 is 22.4 Å². The molecule has 0 amide bonds. The first-order valence-electron chi connectivity index (χ1n) is 5.93. The van der Waals surface area contributed by atoms with E-state index in [1.165, 1.54) is 4.52 Å². The highest BCUT2D eigenvalue weighted by Crippen LogP contribution is 2.17. The van der Waals surface area contributed by atoms with Crippen LogP contribution in [0.25, 0.3) is 16.4 Å². The molecule has 0 saturated heterocycles. The van der Waals surface area contributed by atoms with Gasteiger partial charge in [0.15, 0.2) is 0 Å². The predicted octanol–water partition coefficient (Wildman–Crippen LogP) is 1.47. The lowest BCUT2D eigenvalue weighted by atomic mass is 10.2. The Labute approximate surface area is 108 Å². The number of carbonyl (C=O) groups is 1. The van der Waals surface area contributed by atoms with Crippen LogP contribution in [0.4, 0.5) is 0 Å². The zero-order chi connectivity index (χ0) is 13.4. The molecule has 1 aromatic carbocycles. The van der Waals surface area contributed by atoms with E-state index in [-0.39, 0.29) is 5.62 Å². The minimum atomic E-state index is -0.444. The average molecular weight is 256 g/mol. The third kappa shape index (κ3) is 1.77. The average Bonchev–Trinajstić information content (AvgIpc) is 2.58. The zero-order valence-corrected chi connectivity index (χ0v) is 10.3. The summed E-state index contributed by atoms with van der Waals surface area (Å²) in [4.78, 5) is 15.9. The van der Waals surface area contributed by atoms with Crippen LogP contribution in [-0.4, -0.2) is 27.2 Å². The summed E-state index contributed by atoms with van der Waals surface area (Å²) in [6.07, 6.45) is 0. The van der Waals surface area contributed by atoms with Gasteiger partial charge in [0.1, 0.15) is 5.69 Å². The number of aromatic amines is 1. The Morgan fingerprint density at radius 1 is 1.47 bits per heavy atom. The molecule has 6 nitrogen and oxygen atoms in total. The van der Waals surface area contributed by atoms with Gasteiger partial charge in [0.2, 0.25) is 5.62 Å². The van der Waals surface area contributed by atoms with Crippen LogP contribution in [0.1, 0.15) is 17.4 Å². The molecule has 2 heterocycles. The molecule has 96 valence electrons. The number of H-pyrrole nitrogens is 1. The molecule has 0 atom stereocenters. The molecular weight excluding hydrogens is 244 g/mol. The number of hydrogen-bond donors (Lipinski definition) is 2. The predicted molar refractivity (Wildman–Crippen MR) is 68.9 cm³/mol. The lowest BCUT2D eigenvalue weighted by Crippen LogP contribution is -2.17. The van der Waals surface area contributed by atoms with E-state index in [2.05, 4.69) is 10.1 Å². The number of imidazole rings is 1. The second-order valence-electron chi connectivity index (χ2n) is 4.07. The highest BCUT2D eigenvalue weighted by molar-refractivity contribution is 5.96. The number of esters is 1. The van der Waals surface area contributed by atoms with E-state index in [1.54, 1.807) is 13.0 Å². The number of nitrogens with one attached hydrogen (secondary N) is 2. The smallest absolute Gasteiger partial charge is 0.356 e. The van der Waals surface area contributed by atoms with Gasteiger partial charge in [0.05, 0.1) is 17.6 Å². The Hall–Kier alpha value is -2.63. The van der Waals surface area contributed by atoms with E-state index in [0.717, 1.165) is 10.9 Å². The first kappa shape index (κ1) is 11.5. The highest BCUT2D eigenvalue weighted by Gasteiger charge is 2.12. The quantitative estimate of drug-likeness (QED) is 0.681. The molecule has 0 unspecified atom stereocenters. The molecule has 2 aromatic heterocycles. The van der Waals surface area contributed by atoms with Crippen molar-refractivity contribution in [2.24, 2.45) is 0 Å². The molecule has 19 heavy (non-hydrogen) atoms. The van der Waals surface area contributed by atoms with Crippen molar-refractivity contribution in [3.8, 4) is 0 Å². The van der Waals surface area contributed by atoms with Gasteiger partial charge in [-0.3, -0.25) is 10.5 Å². The maximum Gasteiger partial charge on any atom is 0.356 e. The minimum absolute atomic E-state index is 0.0531. The summed E-state index contributed by atoms with van der Waals surface area (Å²) < 4.78 is 6.45. The molecule has 3 rings (SSSR count). The molecule has 3 aromatic rings. The van der Waals surface area contributed by atoms with Crippen LogP contribution in [0.3, 0.4) is 0 Å². The van der Waals surface area contributed by atoms with Crippen LogP contribution >= 0.6 is 0 Å². The fraction of sp³-hybridized carbons (Fsp3) is 0.154. The van der Waals surface area contributed by atoms with Gasteiger partial charge in [0.25, 0.3) is 0 Å². The van der Waals surface area contributed by atoms with Crippen molar-refractivity contribution in [1.82, 2.24) is 14.6 Å². The van der Waals surface area contributed by atoms with E-state index in [1.807, 2.05) is 24.3 Å². The first-order valence-corrected chi connectivity index (χ1v) is 5.93. The molecule has 0 radical (unpaired) electrons. The van der Waals surface area contributed by atoms with Gasteiger partial charge in [0, 0.05) is 5.39 Å². The lowest BCUT2D eigenvalue weighted by molar-refractivity contribution is 0.0518. The normalized spacial score (nSPS) is 11.0. The molecule has 0 saturated carbocycles. The molecule has 0 bridgehead atoms. The third-order valence-electron chi connectivity index (χ3n) is 2.85. The third-order valence-corrected chi connectivity index (χ3v) is 2.85. The summed E-state index contributed by atoms with van der Waals surface area (Å²) in [5, 5.41) is 11.5. The fourth-order valence-corrected chi connectivity index (χ4v) is 2.06. The second kappa shape index (κ2) is 4.24. The van der Waals surface area contributed by atoms with Gasteiger partial charge >= 0.3 is 5.97 Å². The summed E-state index contributed by atoms with van der Waals surface area (Å²) in [6.45, 7) is 2.06. The van der Waals surface area contributed by atoms with Gasteiger partial charge in [-0.2, -0.15) is 0 Å². The number of nitrogens with zero attached hydrogens (tertiary/aromatic N) is 2. The lowest BCUT2D eigenvalue weighted by Gasteiger charge is -2.04. The van der Waals surface area contributed by atoms with Crippen molar-refractivity contribution in [3.05, 3.63) is 41.6 Å². The van der Waals surface area contributed by atoms with E-state index in [9.17, 15) is 4.79 Å². The minimum Gasteiger partial charge on any atom is -0.461 e. The Kier molecular flexibility index (Phi) is 2.56. The number of carbonyl (C=O) groups excluding carboxylic acids is 1. The van der Waals surface area contributed by atoms with Gasteiger partial charge < -0.3 is 4.74 Å². The molecule has 2 N–H and O–H groups in total. The Morgan fingerprint density at radius 3 is 3.05 bits per heavy atom. The number of ether oxygens (including phenoxy) is 1. The van der Waals surface area contributed by atoms with Crippen molar-refractivity contribution < 1.29 is 9.53 Å². The van der Waals surface area contributed by atoms with E-state index in [0.29, 0.717) is 17.8 Å². The summed E-state index contributed by atoms with van der Waals surface area (Å²) in [6, 6.07) is 9.14. The molecule has 0 aliphatic heterocycles. The van der Waals surface area contributed by atoms with Gasteiger partial charge in [-0.05, 0) is 19.1 Å². The second-order valence-corrected chi connectivity index (χ2v) is 4.07. The monoisotopic (exact) mass is 256 g/mol. The summed E-state index contributed by atoms with van der Waals surface area (Å²) in [5.41, 5.74) is 1.84. The largest absolute Gasteiger partial charge is 0.461 e. The Bertz CT molecular complexity index is 831. The molecule has 0 aliphatic carbocycles. The van der Waals surface area contributed by atoms with E-state index >= 15 is 0 Å². The number of aromatic nitrogens is 3. The number of hydrogen-bond acceptors (Lipinski definition) is 4. The van der Waals surface area contributed by atoms with Gasteiger partial charge in [-0.25, -0.2) is 14.3 Å². The van der Waals surface area contributed by atoms with Crippen molar-refractivity contribution in [2.45, 2.75) is 6.92 Å². The first-order chi connectivity index (χ1) is 9.20. The Morgan fingerprint density at radius 2 is 2.26 bits per heavy atom. The van der Waals surface area contributed by atoms with Crippen molar-refractivity contribution in [2.75, 3.05) is 6.61 Å². The van der Waals surface area contributed by atoms with Crippen LogP contribution in [-0.2, 0) is 4.74 Å². The zero-order valence-electron chi connectivity index (χ0n) is 10.3. The summed E-state index contributed by atoms with van der Waals surface area (Å²) >= 11 is 0. The fourth-order valence-electron chi connectivity index (χ4n) is 2.06. The van der Waals surface area contributed by atoms with Crippen LogP contribution in [0.15, 0.2) is 30.3 Å².